The molecule has 1 rings (SSSR count). The van der Waals surface area contributed by atoms with Crippen LogP contribution >= 0.6 is 0 Å². The number of Topliss-reactive ketones (excluding diaryl/α,β-unsaturated/α-hetero) is 1. The Bertz CT molecular complexity index is 465. The largest absolute Gasteiger partial charge is 0.325 e. The zero-order valence-electron chi connectivity index (χ0n) is 8.96. The summed E-state index contributed by atoms with van der Waals surface area (Å²) in [7, 11) is -3.10. The fraction of sp³-hybridized carbons (Fsp3) is 0.625. The van der Waals surface area contributed by atoms with Crippen molar-refractivity contribution in [3.63, 3.8) is 0 Å². The summed E-state index contributed by atoms with van der Waals surface area (Å²) >= 11 is 0. The van der Waals surface area contributed by atoms with Gasteiger partial charge in [0.25, 0.3) is 0 Å². The lowest BCUT2D eigenvalue weighted by molar-refractivity contribution is -0.119. The Kier molecular flexibility index (Phi) is 4.13. The van der Waals surface area contributed by atoms with Gasteiger partial charge in [0.1, 0.15) is 16.4 Å². The van der Waals surface area contributed by atoms with Crippen molar-refractivity contribution in [2.24, 2.45) is 5.73 Å². The van der Waals surface area contributed by atoms with E-state index in [1.54, 1.807) is 6.20 Å². The van der Waals surface area contributed by atoms with E-state index in [4.69, 9.17) is 5.73 Å². The van der Waals surface area contributed by atoms with Crippen LogP contribution in [-0.2, 0) is 27.7 Å². The lowest BCUT2D eigenvalue weighted by atomic mass is 10.3. The van der Waals surface area contributed by atoms with Gasteiger partial charge in [-0.15, -0.1) is 5.10 Å². The van der Waals surface area contributed by atoms with Crippen molar-refractivity contribution >= 4 is 15.6 Å². The standard InChI is InChI=1S/C8H14N4O3S/c1-16(14,15)3-2-8(13)6-12-5-7(4-9)10-11-12/h5H,2-4,6,9H2,1H3. The molecule has 90 valence electrons. The maximum absolute atomic E-state index is 11.4. The first-order valence-electron chi connectivity index (χ1n) is 4.69. The fourth-order valence-corrected chi connectivity index (χ4v) is 1.67. The van der Waals surface area contributed by atoms with Gasteiger partial charge in [-0.25, -0.2) is 13.1 Å². The van der Waals surface area contributed by atoms with Gasteiger partial charge in [0.15, 0.2) is 5.78 Å². The van der Waals surface area contributed by atoms with Gasteiger partial charge < -0.3 is 5.73 Å². The molecule has 0 saturated carbocycles. The average Bonchev–Trinajstić information content (AvgIpc) is 2.61. The van der Waals surface area contributed by atoms with Crippen LogP contribution in [0.25, 0.3) is 0 Å². The molecule has 1 aromatic rings. The molecule has 1 heterocycles. The van der Waals surface area contributed by atoms with Crippen LogP contribution in [0.3, 0.4) is 0 Å². The molecule has 7 nitrogen and oxygen atoms in total. The first-order valence-corrected chi connectivity index (χ1v) is 6.75. The molecule has 0 amide bonds. The minimum Gasteiger partial charge on any atom is -0.325 e. The molecule has 0 spiro atoms. The van der Waals surface area contributed by atoms with Gasteiger partial charge in [-0.1, -0.05) is 5.21 Å². The number of hydrogen-bond donors (Lipinski definition) is 1. The highest BCUT2D eigenvalue weighted by molar-refractivity contribution is 7.90. The third-order valence-corrected chi connectivity index (χ3v) is 2.83. The summed E-state index contributed by atoms with van der Waals surface area (Å²) in [5, 5.41) is 7.40. The van der Waals surface area contributed by atoms with Crippen molar-refractivity contribution in [1.82, 2.24) is 15.0 Å². The summed E-state index contributed by atoms with van der Waals surface area (Å²) in [4.78, 5) is 11.4. The minimum absolute atomic E-state index is 0.00332. The van der Waals surface area contributed by atoms with E-state index in [1.807, 2.05) is 0 Å². The van der Waals surface area contributed by atoms with Gasteiger partial charge in [0.2, 0.25) is 0 Å². The molecule has 0 aliphatic rings. The maximum Gasteiger partial charge on any atom is 0.155 e. The van der Waals surface area contributed by atoms with E-state index < -0.39 is 9.84 Å². The topological polar surface area (TPSA) is 108 Å². The molecule has 16 heavy (non-hydrogen) atoms. The quantitative estimate of drug-likeness (QED) is 0.671. The fourth-order valence-electron chi connectivity index (χ4n) is 1.07. The van der Waals surface area contributed by atoms with E-state index in [1.165, 1.54) is 4.68 Å². The molecule has 0 unspecified atom stereocenters. The molecule has 2 N–H and O–H groups in total. The van der Waals surface area contributed by atoms with Gasteiger partial charge in [-0.2, -0.15) is 0 Å². The summed E-state index contributed by atoms with van der Waals surface area (Å²) in [6, 6.07) is 0. The van der Waals surface area contributed by atoms with E-state index in [9.17, 15) is 13.2 Å². The Morgan fingerprint density at radius 3 is 2.75 bits per heavy atom. The molecule has 8 heteroatoms. The van der Waals surface area contributed by atoms with Crippen LogP contribution in [0.15, 0.2) is 6.20 Å². The number of carbonyl (C=O) groups is 1. The van der Waals surface area contributed by atoms with Gasteiger partial charge in [0.05, 0.1) is 17.6 Å². The van der Waals surface area contributed by atoms with Crippen molar-refractivity contribution in [1.29, 1.82) is 0 Å². The van der Waals surface area contributed by atoms with E-state index >= 15 is 0 Å². The SMILES string of the molecule is CS(=O)(=O)CCC(=O)Cn1cc(CN)nn1. The predicted octanol–water partition coefficient (Wildman–Crippen LogP) is -1.26. The highest BCUT2D eigenvalue weighted by Crippen LogP contribution is 1.96. The van der Waals surface area contributed by atoms with Crippen LogP contribution in [0.4, 0.5) is 0 Å². The molecular weight excluding hydrogens is 232 g/mol. The predicted molar refractivity (Wildman–Crippen MR) is 57.2 cm³/mol. The summed E-state index contributed by atoms with van der Waals surface area (Å²) in [5.41, 5.74) is 5.92. The summed E-state index contributed by atoms with van der Waals surface area (Å²) < 4.78 is 23.0. The van der Waals surface area contributed by atoms with Crippen molar-refractivity contribution in [2.75, 3.05) is 12.0 Å². The van der Waals surface area contributed by atoms with E-state index in [0.29, 0.717) is 5.69 Å². The number of nitrogens with two attached hydrogens (primary N) is 1. The van der Waals surface area contributed by atoms with Gasteiger partial charge in [-0.05, 0) is 0 Å². The Labute approximate surface area is 93.5 Å². The normalized spacial score (nSPS) is 11.6. The molecule has 0 atom stereocenters. The minimum atomic E-state index is -3.10. The summed E-state index contributed by atoms with van der Waals surface area (Å²) in [6.45, 7) is 0.292. The van der Waals surface area contributed by atoms with Crippen LogP contribution in [0.1, 0.15) is 12.1 Å². The molecular formula is C8H14N4O3S. The Balaban J connectivity index is 2.45. The van der Waals surface area contributed by atoms with Gasteiger partial charge in [-0.3, -0.25) is 4.79 Å². The molecule has 0 aliphatic heterocycles. The maximum atomic E-state index is 11.4. The molecule has 0 fully saturated rings. The first kappa shape index (κ1) is 12.8. The van der Waals surface area contributed by atoms with E-state index in [-0.39, 0.29) is 31.0 Å². The first-order chi connectivity index (χ1) is 7.40. The van der Waals surface area contributed by atoms with Gasteiger partial charge in [0, 0.05) is 19.2 Å². The van der Waals surface area contributed by atoms with E-state index in [2.05, 4.69) is 10.3 Å². The highest BCUT2D eigenvalue weighted by Gasteiger charge is 2.09. The van der Waals surface area contributed by atoms with Crippen molar-refractivity contribution in [3.05, 3.63) is 11.9 Å². The highest BCUT2D eigenvalue weighted by atomic mass is 32.2. The summed E-state index contributed by atoms with van der Waals surface area (Å²) in [6.07, 6.45) is 2.66. The monoisotopic (exact) mass is 246 g/mol. The van der Waals surface area contributed by atoms with Crippen molar-refractivity contribution in [2.45, 2.75) is 19.5 Å². The number of rotatable bonds is 6. The second-order valence-electron chi connectivity index (χ2n) is 3.53. The van der Waals surface area contributed by atoms with Gasteiger partial charge >= 0.3 is 0 Å². The van der Waals surface area contributed by atoms with Crippen molar-refractivity contribution < 1.29 is 13.2 Å². The Hall–Kier alpha value is -1.28. The molecule has 0 saturated heterocycles. The number of hydrogen-bond acceptors (Lipinski definition) is 6. The molecule has 0 aliphatic carbocycles. The average molecular weight is 246 g/mol. The summed E-state index contributed by atoms with van der Waals surface area (Å²) in [5.74, 6) is -0.330. The second-order valence-corrected chi connectivity index (χ2v) is 5.79. The molecule has 0 radical (unpaired) electrons. The second kappa shape index (κ2) is 5.17. The smallest absolute Gasteiger partial charge is 0.155 e. The Morgan fingerprint density at radius 1 is 1.56 bits per heavy atom. The number of ketones is 1. The number of nitrogens with zero attached hydrogens (tertiary/aromatic N) is 3. The lowest BCUT2D eigenvalue weighted by Gasteiger charge is -1.99. The molecule has 0 bridgehead atoms. The lowest BCUT2D eigenvalue weighted by Crippen LogP contribution is -2.15. The van der Waals surface area contributed by atoms with Crippen LogP contribution in [0.5, 0.6) is 0 Å². The Morgan fingerprint density at radius 2 is 2.25 bits per heavy atom. The van der Waals surface area contributed by atoms with Crippen LogP contribution < -0.4 is 5.73 Å². The number of carbonyl (C=O) groups excluding carboxylic acids is 1. The third-order valence-electron chi connectivity index (χ3n) is 1.89. The number of sulfone groups is 1. The third kappa shape index (κ3) is 4.49. The van der Waals surface area contributed by atoms with Crippen LogP contribution in [-0.4, -0.2) is 41.2 Å². The zero-order valence-corrected chi connectivity index (χ0v) is 9.77. The zero-order chi connectivity index (χ0) is 12.2. The molecule has 0 aromatic carbocycles. The van der Waals surface area contributed by atoms with Crippen molar-refractivity contribution in [3.8, 4) is 0 Å². The van der Waals surface area contributed by atoms with E-state index in [0.717, 1.165) is 6.26 Å². The molecule has 1 aromatic heterocycles. The van der Waals surface area contributed by atoms with Crippen LogP contribution in [0, 0.1) is 0 Å². The van der Waals surface area contributed by atoms with Crippen LogP contribution in [0.2, 0.25) is 0 Å². The number of aromatic nitrogens is 3.